The number of phosphoric ester groups is 2. The highest BCUT2D eigenvalue weighted by Gasteiger charge is 2.30. The van der Waals surface area contributed by atoms with E-state index in [1.165, 1.54) is 96.3 Å². The van der Waals surface area contributed by atoms with E-state index in [9.17, 15) is 43.2 Å². The van der Waals surface area contributed by atoms with Crippen LogP contribution in [-0.2, 0) is 65.4 Å². The minimum atomic E-state index is -4.99. The maximum absolute atomic E-state index is 13.1. The van der Waals surface area contributed by atoms with Gasteiger partial charge < -0.3 is 33.8 Å². The molecule has 0 aromatic heterocycles. The minimum absolute atomic E-state index is 0.0729. The van der Waals surface area contributed by atoms with Crippen molar-refractivity contribution < 1.29 is 80.2 Å². The van der Waals surface area contributed by atoms with Crippen LogP contribution in [0.5, 0.6) is 0 Å². The number of rotatable bonds is 72. The highest BCUT2D eigenvalue weighted by molar-refractivity contribution is 7.47. The lowest BCUT2D eigenvalue weighted by atomic mass is 10.1. The molecule has 0 saturated carbocycles. The normalized spacial score (nSPS) is 14.5. The van der Waals surface area contributed by atoms with E-state index in [0.29, 0.717) is 32.1 Å². The SMILES string of the molecule is CCCCC/C=C\C/C=C\C/C=C\C/C=C\CCCC(=O)OC[C@H](COP(=O)(O)OC[C@H](O)COP(=O)(O)OC[C@@H](COC(=O)CCCCCCC/C=C\CCCCCC)OC(=O)CCCCCCC/C=C\C=C/CCCCCC)OC(=O)CCCCCCC/C=C\CCCCCC. The Balaban J connectivity index is 5.40. The Labute approximate surface area is 595 Å². The number of hydrogen-bond acceptors (Lipinski definition) is 15. The summed E-state index contributed by atoms with van der Waals surface area (Å²) in [7, 11) is -9.97. The molecule has 0 aliphatic carbocycles. The zero-order valence-corrected chi connectivity index (χ0v) is 63.5. The third-order valence-corrected chi connectivity index (χ3v) is 17.9. The van der Waals surface area contributed by atoms with Gasteiger partial charge in [0.1, 0.15) is 19.3 Å². The van der Waals surface area contributed by atoms with Crippen LogP contribution in [0, 0.1) is 0 Å². The molecule has 98 heavy (non-hydrogen) atoms. The van der Waals surface area contributed by atoms with Crippen molar-refractivity contribution in [2.45, 2.75) is 341 Å². The molecule has 0 aromatic rings. The van der Waals surface area contributed by atoms with Crippen LogP contribution in [0.1, 0.15) is 323 Å². The van der Waals surface area contributed by atoms with Crippen LogP contribution in [0.2, 0.25) is 0 Å². The molecule has 0 radical (unpaired) electrons. The number of aliphatic hydroxyl groups is 1. The Morgan fingerprint density at radius 3 is 0.898 bits per heavy atom. The number of carbonyl (C=O) groups excluding carboxylic acids is 4. The molecule has 0 fully saturated rings. The van der Waals surface area contributed by atoms with Gasteiger partial charge in [0.2, 0.25) is 0 Å². The Hall–Kier alpha value is -4.02. The first-order chi connectivity index (χ1) is 47.7. The molecule has 3 N–H and O–H groups in total. The smallest absolute Gasteiger partial charge is 0.462 e. The Bertz CT molecular complexity index is 2240. The Morgan fingerprint density at radius 2 is 0.541 bits per heavy atom. The van der Waals surface area contributed by atoms with Gasteiger partial charge in [-0.05, 0) is 141 Å². The predicted octanol–water partition coefficient (Wildman–Crippen LogP) is 22.0. The van der Waals surface area contributed by atoms with Crippen LogP contribution >= 0.6 is 15.6 Å². The van der Waals surface area contributed by atoms with Crippen LogP contribution in [0.4, 0.5) is 0 Å². The lowest BCUT2D eigenvalue weighted by Crippen LogP contribution is -2.30. The summed E-state index contributed by atoms with van der Waals surface area (Å²) in [6, 6.07) is 0. The minimum Gasteiger partial charge on any atom is -0.462 e. The van der Waals surface area contributed by atoms with Gasteiger partial charge in [-0.1, -0.05) is 253 Å². The van der Waals surface area contributed by atoms with Gasteiger partial charge in [0.15, 0.2) is 12.2 Å². The van der Waals surface area contributed by atoms with Crippen molar-refractivity contribution in [2.75, 3.05) is 39.6 Å². The first kappa shape index (κ1) is 94.0. The van der Waals surface area contributed by atoms with Crippen LogP contribution in [-0.4, -0.2) is 96.7 Å². The molecular weight excluding hydrogens is 1280 g/mol. The average Bonchev–Trinajstić information content (AvgIpc) is 0.962. The van der Waals surface area contributed by atoms with Gasteiger partial charge in [0.25, 0.3) is 0 Å². The molecule has 0 aromatic carbocycles. The van der Waals surface area contributed by atoms with Crippen molar-refractivity contribution >= 4 is 39.5 Å². The number of esters is 4. The number of hydrogen-bond donors (Lipinski definition) is 3. The fourth-order valence-corrected chi connectivity index (χ4v) is 11.7. The van der Waals surface area contributed by atoms with E-state index in [1.54, 1.807) is 0 Å². The maximum atomic E-state index is 13.1. The Morgan fingerprint density at radius 1 is 0.296 bits per heavy atom. The first-order valence-corrected chi connectivity index (χ1v) is 41.5. The zero-order chi connectivity index (χ0) is 71.8. The summed E-state index contributed by atoms with van der Waals surface area (Å²) in [5.74, 6) is -2.27. The van der Waals surface area contributed by atoms with Gasteiger partial charge in [-0.2, -0.15) is 0 Å². The summed E-state index contributed by atoms with van der Waals surface area (Å²) < 4.78 is 68.4. The van der Waals surface area contributed by atoms with Crippen molar-refractivity contribution in [2.24, 2.45) is 0 Å². The fourth-order valence-electron chi connectivity index (χ4n) is 10.1. The standard InChI is InChI=1S/C79H138O17P2/c1-5-9-13-17-21-25-29-33-35-36-38-41-44-48-52-56-60-64-77(82)90-70-74(95-78(83)65-61-57-53-49-45-40-32-28-24-20-16-12-8-4)71-93-97(85,86)91-67-73(80)68-92-98(87,88)94-72-75(69-89-76(81)63-59-55-51-47-43-39-31-27-23-19-15-11-7-3)96-79(84)66-62-58-54-50-46-42-37-34-30-26-22-18-14-10-6-2/h21,25-28,30-35,37-38,41,48,52,73-75,80H,5-20,22-24,29,36,39-40,42-47,49-51,53-72H2,1-4H3,(H,85,86)(H,87,88)/b25-21-,30-26-,31-27-,32-28-,35-33-,37-34-,41-38-,52-48-/t73-,74+,75+/m0/s1. The molecule has 19 heteroatoms. The molecule has 17 nitrogen and oxygen atoms in total. The van der Waals surface area contributed by atoms with Gasteiger partial charge in [-0.25, -0.2) is 9.13 Å². The van der Waals surface area contributed by atoms with Gasteiger partial charge >= 0.3 is 39.5 Å². The predicted molar refractivity (Wildman–Crippen MR) is 399 cm³/mol. The summed E-state index contributed by atoms with van der Waals surface area (Å²) >= 11 is 0. The number of phosphoric acid groups is 2. The molecule has 0 aliphatic rings. The molecule has 0 amide bonds. The van der Waals surface area contributed by atoms with Crippen LogP contribution in [0.3, 0.4) is 0 Å². The third-order valence-electron chi connectivity index (χ3n) is 16.0. The van der Waals surface area contributed by atoms with Gasteiger partial charge in [-0.15, -0.1) is 0 Å². The lowest BCUT2D eigenvalue weighted by Gasteiger charge is -2.21. The first-order valence-electron chi connectivity index (χ1n) is 38.5. The van der Waals surface area contributed by atoms with E-state index in [2.05, 4.69) is 113 Å². The number of allylic oxidation sites excluding steroid dienone is 16. The molecule has 0 aliphatic heterocycles. The zero-order valence-electron chi connectivity index (χ0n) is 61.7. The summed E-state index contributed by atoms with van der Waals surface area (Å²) in [4.78, 5) is 72.8. The van der Waals surface area contributed by atoms with E-state index >= 15 is 0 Å². The van der Waals surface area contributed by atoms with E-state index in [4.69, 9.17) is 37.0 Å². The molecule has 5 atom stereocenters. The van der Waals surface area contributed by atoms with Crippen LogP contribution in [0.15, 0.2) is 97.2 Å². The molecule has 566 valence electrons. The Kier molecular flexibility index (Phi) is 68.4. The van der Waals surface area contributed by atoms with Crippen LogP contribution < -0.4 is 0 Å². The molecule has 2 unspecified atom stereocenters. The average molecular weight is 1420 g/mol. The van der Waals surface area contributed by atoms with Gasteiger partial charge in [0, 0.05) is 25.7 Å². The molecular formula is C79H138O17P2. The molecule has 0 spiro atoms. The van der Waals surface area contributed by atoms with E-state index in [-0.39, 0.29) is 25.7 Å². The summed E-state index contributed by atoms with van der Waals surface area (Å²) in [5, 5.41) is 10.6. The number of unbranched alkanes of at least 4 members (excludes halogenated alkanes) is 31. The van der Waals surface area contributed by atoms with Crippen molar-refractivity contribution in [3.63, 3.8) is 0 Å². The van der Waals surface area contributed by atoms with Crippen molar-refractivity contribution in [3.05, 3.63) is 97.2 Å². The monoisotopic (exact) mass is 1420 g/mol. The van der Waals surface area contributed by atoms with Crippen molar-refractivity contribution in [1.82, 2.24) is 0 Å². The molecule has 0 bridgehead atoms. The fraction of sp³-hybridized carbons (Fsp3) is 0.747. The number of ether oxygens (including phenoxy) is 4. The second kappa shape index (κ2) is 71.4. The van der Waals surface area contributed by atoms with Crippen LogP contribution in [0.25, 0.3) is 0 Å². The summed E-state index contributed by atoms with van der Waals surface area (Å²) in [6.07, 6.45) is 74.0. The number of aliphatic hydroxyl groups excluding tert-OH is 1. The highest BCUT2D eigenvalue weighted by atomic mass is 31.2. The molecule has 0 heterocycles. The van der Waals surface area contributed by atoms with Crippen molar-refractivity contribution in [1.29, 1.82) is 0 Å². The van der Waals surface area contributed by atoms with E-state index in [0.717, 1.165) is 141 Å². The topological polar surface area (TPSA) is 237 Å². The maximum Gasteiger partial charge on any atom is 0.472 e. The summed E-state index contributed by atoms with van der Waals surface area (Å²) in [5.41, 5.74) is 0. The summed E-state index contributed by atoms with van der Waals surface area (Å²) in [6.45, 7) is 4.71. The molecule has 0 saturated heterocycles. The quantitative estimate of drug-likeness (QED) is 0.0128. The molecule has 0 rings (SSSR count). The van der Waals surface area contributed by atoms with Gasteiger partial charge in [-0.3, -0.25) is 37.3 Å². The number of carbonyl (C=O) groups is 4. The largest absolute Gasteiger partial charge is 0.472 e. The lowest BCUT2D eigenvalue weighted by molar-refractivity contribution is -0.161. The van der Waals surface area contributed by atoms with E-state index in [1.807, 2.05) is 12.2 Å². The third kappa shape index (κ3) is 70.4. The second-order valence-corrected chi connectivity index (χ2v) is 28.5. The van der Waals surface area contributed by atoms with Gasteiger partial charge in [0.05, 0.1) is 26.4 Å². The highest BCUT2D eigenvalue weighted by Crippen LogP contribution is 2.45. The van der Waals surface area contributed by atoms with E-state index < -0.39 is 97.5 Å². The van der Waals surface area contributed by atoms with Crippen molar-refractivity contribution in [3.8, 4) is 0 Å². The second-order valence-electron chi connectivity index (χ2n) is 25.6.